The molecular formula is C14H21NO3. The Morgan fingerprint density at radius 2 is 1.67 bits per heavy atom. The number of ether oxygens (including phenoxy) is 3. The Balaban J connectivity index is 2.39. The molecular weight excluding hydrogens is 230 g/mol. The lowest BCUT2D eigenvalue weighted by molar-refractivity contribution is 0.367. The van der Waals surface area contributed by atoms with Gasteiger partial charge < -0.3 is 19.9 Å². The molecule has 1 aliphatic rings. The third-order valence-corrected chi connectivity index (χ3v) is 3.64. The highest BCUT2D eigenvalue weighted by Crippen LogP contribution is 2.55. The molecule has 1 aromatic carbocycles. The Bertz CT molecular complexity index is 406. The van der Waals surface area contributed by atoms with Crippen LogP contribution in [0.2, 0.25) is 0 Å². The highest BCUT2D eigenvalue weighted by molar-refractivity contribution is 5.54. The summed E-state index contributed by atoms with van der Waals surface area (Å²) in [6.45, 7) is 2.05. The minimum Gasteiger partial charge on any atom is -0.496 e. The zero-order chi connectivity index (χ0) is 13.3. The maximum atomic E-state index is 5.96. The molecule has 1 saturated carbocycles. The predicted octanol–water partition coefficient (Wildman–Crippen LogP) is 2.16. The van der Waals surface area contributed by atoms with Gasteiger partial charge in [-0.25, -0.2) is 0 Å². The van der Waals surface area contributed by atoms with Crippen molar-refractivity contribution in [2.75, 3.05) is 21.3 Å². The molecule has 1 aliphatic carbocycles. The van der Waals surface area contributed by atoms with E-state index in [0.717, 1.165) is 29.2 Å². The van der Waals surface area contributed by atoms with Crippen LogP contribution in [-0.4, -0.2) is 27.4 Å². The number of methoxy groups -OCH3 is 3. The van der Waals surface area contributed by atoms with Crippen LogP contribution < -0.4 is 19.9 Å². The van der Waals surface area contributed by atoms with Gasteiger partial charge in [0.1, 0.15) is 17.2 Å². The van der Waals surface area contributed by atoms with Gasteiger partial charge in [0.25, 0.3) is 0 Å². The van der Waals surface area contributed by atoms with Gasteiger partial charge in [-0.1, -0.05) is 0 Å². The Hall–Kier alpha value is -1.42. The molecule has 0 aliphatic heterocycles. The first kappa shape index (κ1) is 13.0. The number of hydrogen-bond donors (Lipinski definition) is 1. The lowest BCUT2D eigenvalue weighted by atomic mass is 10.0. The molecule has 18 heavy (non-hydrogen) atoms. The van der Waals surface area contributed by atoms with Gasteiger partial charge in [-0.05, 0) is 25.2 Å². The van der Waals surface area contributed by atoms with Crippen LogP contribution in [0.1, 0.15) is 24.8 Å². The third-order valence-electron chi connectivity index (χ3n) is 3.64. The van der Waals surface area contributed by atoms with E-state index in [9.17, 15) is 0 Å². The smallest absolute Gasteiger partial charge is 0.129 e. The van der Waals surface area contributed by atoms with Gasteiger partial charge >= 0.3 is 0 Å². The number of rotatable bonds is 5. The Labute approximate surface area is 108 Å². The molecule has 2 N–H and O–H groups in total. The maximum Gasteiger partial charge on any atom is 0.129 e. The molecule has 0 spiro atoms. The topological polar surface area (TPSA) is 53.7 Å². The first-order valence-corrected chi connectivity index (χ1v) is 6.17. The van der Waals surface area contributed by atoms with Crippen LogP contribution in [-0.2, 0) is 0 Å². The second-order valence-corrected chi connectivity index (χ2v) is 4.81. The van der Waals surface area contributed by atoms with Gasteiger partial charge in [0.2, 0.25) is 0 Å². The van der Waals surface area contributed by atoms with Gasteiger partial charge in [0.15, 0.2) is 0 Å². The van der Waals surface area contributed by atoms with E-state index < -0.39 is 0 Å². The summed E-state index contributed by atoms with van der Waals surface area (Å²) in [5, 5.41) is 0. The first-order valence-electron chi connectivity index (χ1n) is 6.17. The van der Waals surface area contributed by atoms with Crippen molar-refractivity contribution in [3.63, 3.8) is 0 Å². The van der Waals surface area contributed by atoms with Crippen LogP contribution in [0.25, 0.3) is 0 Å². The quantitative estimate of drug-likeness (QED) is 0.871. The Kier molecular flexibility index (Phi) is 3.66. The van der Waals surface area contributed by atoms with Crippen LogP contribution in [0.5, 0.6) is 17.2 Å². The minimum atomic E-state index is 0.200. The molecule has 0 bridgehead atoms. The van der Waals surface area contributed by atoms with E-state index >= 15 is 0 Å². The molecule has 3 atom stereocenters. The van der Waals surface area contributed by atoms with Crippen molar-refractivity contribution < 1.29 is 14.2 Å². The summed E-state index contributed by atoms with van der Waals surface area (Å²) in [5.74, 6) is 3.33. The van der Waals surface area contributed by atoms with Gasteiger partial charge in [-0.3, -0.25) is 0 Å². The molecule has 1 aromatic rings. The molecule has 0 amide bonds. The molecule has 2 rings (SSSR count). The van der Waals surface area contributed by atoms with Crippen molar-refractivity contribution >= 4 is 0 Å². The van der Waals surface area contributed by atoms with Gasteiger partial charge in [0, 0.05) is 23.7 Å². The Morgan fingerprint density at radius 1 is 1.11 bits per heavy atom. The van der Waals surface area contributed by atoms with Crippen molar-refractivity contribution in [3.8, 4) is 17.2 Å². The van der Waals surface area contributed by atoms with E-state index in [4.69, 9.17) is 19.9 Å². The van der Waals surface area contributed by atoms with Crippen molar-refractivity contribution in [2.45, 2.75) is 25.3 Å². The lowest BCUT2D eigenvalue weighted by Gasteiger charge is -2.15. The number of benzene rings is 1. The molecule has 0 saturated heterocycles. The van der Waals surface area contributed by atoms with E-state index in [-0.39, 0.29) is 6.04 Å². The zero-order valence-corrected chi connectivity index (χ0v) is 11.4. The van der Waals surface area contributed by atoms with Crippen molar-refractivity contribution in [1.29, 1.82) is 0 Å². The van der Waals surface area contributed by atoms with Crippen LogP contribution in [0.4, 0.5) is 0 Å². The van der Waals surface area contributed by atoms with Crippen LogP contribution in [0.15, 0.2) is 12.1 Å². The highest BCUT2D eigenvalue weighted by Gasteiger charge is 2.44. The summed E-state index contributed by atoms with van der Waals surface area (Å²) in [6, 6.07) is 3.99. The van der Waals surface area contributed by atoms with Gasteiger partial charge in [-0.2, -0.15) is 0 Å². The second-order valence-electron chi connectivity index (χ2n) is 4.81. The summed E-state index contributed by atoms with van der Waals surface area (Å²) in [6.07, 6.45) is 1.09. The summed E-state index contributed by atoms with van der Waals surface area (Å²) in [7, 11) is 4.97. The molecule has 0 radical (unpaired) electrons. The largest absolute Gasteiger partial charge is 0.496 e. The van der Waals surface area contributed by atoms with Crippen LogP contribution >= 0.6 is 0 Å². The van der Waals surface area contributed by atoms with Gasteiger partial charge in [-0.15, -0.1) is 0 Å². The fourth-order valence-corrected chi connectivity index (χ4v) is 2.53. The fourth-order valence-electron chi connectivity index (χ4n) is 2.53. The van der Waals surface area contributed by atoms with Gasteiger partial charge in [0.05, 0.1) is 21.3 Å². The van der Waals surface area contributed by atoms with E-state index in [1.54, 1.807) is 21.3 Å². The molecule has 1 fully saturated rings. The molecule has 100 valence electrons. The summed E-state index contributed by atoms with van der Waals surface area (Å²) < 4.78 is 16.2. The van der Waals surface area contributed by atoms with Crippen molar-refractivity contribution in [2.24, 2.45) is 11.7 Å². The minimum absolute atomic E-state index is 0.200. The average Bonchev–Trinajstić information content (AvgIpc) is 3.17. The summed E-state index contributed by atoms with van der Waals surface area (Å²) in [4.78, 5) is 0. The van der Waals surface area contributed by atoms with Crippen molar-refractivity contribution in [1.82, 2.24) is 0 Å². The molecule has 4 nitrogen and oxygen atoms in total. The highest BCUT2D eigenvalue weighted by atomic mass is 16.5. The first-order chi connectivity index (χ1) is 8.62. The normalized spacial score (nSPS) is 23.4. The second kappa shape index (κ2) is 5.06. The molecule has 3 unspecified atom stereocenters. The van der Waals surface area contributed by atoms with Crippen LogP contribution in [0.3, 0.4) is 0 Å². The third kappa shape index (κ3) is 2.25. The summed E-state index contributed by atoms with van der Waals surface area (Å²) >= 11 is 0. The lowest BCUT2D eigenvalue weighted by Crippen LogP contribution is -2.18. The SMILES string of the molecule is COc1cc(OC)c(C2CC2C(C)N)c(OC)c1. The summed E-state index contributed by atoms with van der Waals surface area (Å²) in [5.41, 5.74) is 7.07. The van der Waals surface area contributed by atoms with E-state index in [0.29, 0.717) is 11.8 Å². The van der Waals surface area contributed by atoms with E-state index in [1.807, 2.05) is 19.1 Å². The molecule has 0 aromatic heterocycles. The monoisotopic (exact) mass is 251 g/mol. The van der Waals surface area contributed by atoms with Crippen molar-refractivity contribution in [3.05, 3.63) is 17.7 Å². The number of hydrogen-bond acceptors (Lipinski definition) is 4. The van der Waals surface area contributed by atoms with E-state index in [1.165, 1.54) is 0 Å². The maximum absolute atomic E-state index is 5.96. The predicted molar refractivity (Wildman–Crippen MR) is 70.6 cm³/mol. The zero-order valence-electron chi connectivity index (χ0n) is 11.4. The Morgan fingerprint density at radius 3 is 2.00 bits per heavy atom. The molecule has 4 heteroatoms. The fraction of sp³-hybridized carbons (Fsp3) is 0.571. The standard InChI is InChI=1S/C14H21NO3/c1-8(15)10-7-11(10)14-12(17-3)5-9(16-2)6-13(14)18-4/h5-6,8,10-11H,7,15H2,1-4H3. The number of nitrogens with two attached hydrogens (primary N) is 1. The van der Waals surface area contributed by atoms with Crippen LogP contribution in [0, 0.1) is 5.92 Å². The average molecular weight is 251 g/mol. The van der Waals surface area contributed by atoms with E-state index in [2.05, 4.69) is 0 Å². The molecule has 0 heterocycles.